The van der Waals surface area contributed by atoms with Crippen molar-refractivity contribution >= 4 is 5.91 Å². The highest BCUT2D eigenvalue weighted by atomic mass is 19.1. The number of methoxy groups -OCH3 is 4. The molecular formula is C26H26FNO6. The molecule has 1 aliphatic heterocycles. The first-order valence-electron chi connectivity index (χ1n) is 10.6. The van der Waals surface area contributed by atoms with Gasteiger partial charge in [0.1, 0.15) is 23.4 Å². The van der Waals surface area contributed by atoms with E-state index in [4.69, 9.17) is 23.7 Å². The van der Waals surface area contributed by atoms with Crippen LogP contribution in [0.25, 0.3) is 0 Å². The van der Waals surface area contributed by atoms with Crippen molar-refractivity contribution in [2.45, 2.75) is 18.7 Å². The number of hydrogen-bond acceptors (Lipinski definition) is 6. The summed E-state index contributed by atoms with van der Waals surface area (Å²) in [5.41, 5.74) is 1.56. The van der Waals surface area contributed by atoms with E-state index in [9.17, 15) is 9.18 Å². The third-order valence-corrected chi connectivity index (χ3v) is 5.77. The maximum Gasteiger partial charge on any atom is 0.267 e. The van der Waals surface area contributed by atoms with Crippen molar-refractivity contribution in [3.05, 3.63) is 77.6 Å². The number of hydrogen-bond donors (Lipinski definition) is 0. The van der Waals surface area contributed by atoms with Gasteiger partial charge in [-0.2, -0.15) is 0 Å². The summed E-state index contributed by atoms with van der Waals surface area (Å²) in [6.45, 7) is 0.295. The molecule has 178 valence electrons. The molecule has 0 bridgehead atoms. The van der Waals surface area contributed by atoms with Crippen LogP contribution in [-0.2, 0) is 11.3 Å². The lowest BCUT2D eigenvalue weighted by Gasteiger charge is -2.47. The van der Waals surface area contributed by atoms with Crippen LogP contribution in [0.15, 0.2) is 60.7 Å². The number of rotatable bonds is 9. The Kier molecular flexibility index (Phi) is 6.77. The smallest absolute Gasteiger partial charge is 0.267 e. The summed E-state index contributed by atoms with van der Waals surface area (Å²) in [5, 5.41) is 0. The van der Waals surface area contributed by atoms with E-state index < -0.39 is 12.1 Å². The predicted molar refractivity (Wildman–Crippen MR) is 123 cm³/mol. The SMILES string of the molecule is COc1ccc(O[C@H]2C(=O)N(Cc3ccc(F)cc3)[C@H]2c2cc(OC)c(OC)c(OC)c2)cc1. The fourth-order valence-corrected chi connectivity index (χ4v) is 4.02. The Morgan fingerprint density at radius 3 is 1.91 bits per heavy atom. The summed E-state index contributed by atoms with van der Waals surface area (Å²) in [4.78, 5) is 14.9. The van der Waals surface area contributed by atoms with E-state index in [2.05, 4.69) is 0 Å². The first-order valence-corrected chi connectivity index (χ1v) is 10.6. The van der Waals surface area contributed by atoms with Crippen molar-refractivity contribution in [3.63, 3.8) is 0 Å². The molecule has 0 saturated carbocycles. The normalized spacial score (nSPS) is 17.1. The number of nitrogens with zero attached hydrogens (tertiary/aromatic N) is 1. The van der Waals surface area contributed by atoms with Crippen LogP contribution < -0.4 is 23.7 Å². The molecule has 0 aromatic heterocycles. The zero-order valence-electron chi connectivity index (χ0n) is 19.4. The van der Waals surface area contributed by atoms with Crippen LogP contribution in [0.3, 0.4) is 0 Å². The lowest BCUT2D eigenvalue weighted by atomic mass is 9.89. The van der Waals surface area contributed by atoms with Gasteiger partial charge in [0.15, 0.2) is 11.5 Å². The molecule has 1 amide bonds. The van der Waals surface area contributed by atoms with Crippen LogP contribution in [-0.4, -0.2) is 45.4 Å². The van der Waals surface area contributed by atoms with Crippen LogP contribution in [0.1, 0.15) is 17.2 Å². The monoisotopic (exact) mass is 467 g/mol. The summed E-state index contributed by atoms with van der Waals surface area (Å²) < 4.78 is 41.1. The molecule has 3 aromatic carbocycles. The predicted octanol–water partition coefficient (Wildman–Crippen LogP) is 4.39. The van der Waals surface area contributed by atoms with E-state index in [1.165, 1.54) is 33.5 Å². The lowest BCUT2D eigenvalue weighted by Crippen LogP contribution is -2.60. The Labute approximate surface area is 197 Å². The number of carbonyl (C=O) groups is 1. The molecule has 4 rings (SSSR count). The topological polar surface area (TPSA) is 66.5 Å². The minimum atomic E-state index is -0.767. The quantitative estimate of drug-likeness (QED) is 0.435. The van der Waals surface area contributed by atoms with Gasteiger partial charge in [0.2, 0.25) is 11.9 Å². The van der Waals surface area contributed by atoms with E-state index in [1.54, 1.807) is 60.5 Å². The Bertz CT molecular complexity index is 1120. The molecule has 0 radical (unpaired) electrons. The van der Waals surface area contributed by atoms with Crippen LogP contribution in [0.2, 0.25) is 0 Å². The number of β-lactam (4-membered cyclic amide) rings is 1. The Hall–Kier alpha value is -3.94. The average Bonchev–Trinajstić information content (AvgIpc) is 2.88. The molecule has 1 fully saturated rings. The summed E-state index contributed by atoms with van der Waals surface area (Å²) in [6.07, 6.45) is -0.767. The summed E-state index contributed by atoms with van der Waals surface area (Å²) in [6, 6.07) is 16.3. The van der Waals surface area contributed by atoms with Gasteiger partial charge in [-0.05, 0) is 59.7 Å². The molecule has 2 atom stereocenters. The van der Waals surface area contributed by atoms with Crippen LogP contribution in [0.4, 0.5) is 4.39 Å². The van der Waals surface area contributed by atoms with E-state index in [0.29, 0.717) is 35.3 Å². The number of benzene rings is 3. The number of carbonyl (C=O) groups excluding carboxylic acids is 1. The summed E-state index contributed by atoms with van der Waals surface area (Å²) in [5.74, 6) is 2.11. The van der Waals surface area contributed by atoms with Crippen molar-refractivity contribution in [3.8, 4) is 28.7 Å². The first kappa shape index (κ1) is 23.2. The molecular weight excluding hydrogens is 441 g/mol. The Morgan fingerprint density at radius 2 is 1.38 bits per heavy atom. The number of ether oxygens (including phenoxy) is 5. The summed E-state index contributed by atoms with van der Waals surface area (Å²) in [7, 11) is 6.19. The first-order chi connectivity index (χ1) is 16.5. The van der Waals surface area contributed by atoms with Crippen LogP contribution >= 0.6 is 0 Å². The highest BCUT2D eigenvalue weighted by Crippen LogP contribution is 2.45. The van der Waals surface area contributed by atoms with Crippen molar-refractivity contribution in [2.24, 2.45) is 0 Å². The molecule has 1 heterocycles. The second-order valence-corrected chi connectivity index (χ2v) is 7.71. The van der Waals surface area contributed by atoms with Gasteiger partial charge in [0.25, 0.3) is 5.91 Å². The highest BCUT2D eigenvalue weighted by molar-refractivity contribution is 5.89. The maximum absolute atomic E-state index is 13.4. The highest BCUT2D eigenvalue weighted by Gasteiger charge is 2.50. The van der Waals surface area contributed by atoms with E-state index in [0.717, 1.165) is 11.1 Å². The van der Waals surface area contributed by atoms with Gasteiger partial charge in [0.05, 0.1) is 28.4 Å². The van der Waals surface area contributed by atoms with E-state index in [-0.39, 0.29) is 11.7 Å². The zero-order chi connectivity index (χ0) is 24.2. The number of halogens is 1. The van der Waals surface area contributed by atoms with E-state index in [1.807, 2.05) is 0 Å². The molecule has 3 aromatic rings. The average molecular weight is 467 g/mol. The third kappa shape index (κ3) is 4.44. The van der Waals surface area contributed by atoms with Gasteiger partial charge in [0, 0.05) is 6.54 Å². The van der Waals surface area contributed by atoms with Gasteiger partial charge in [-0.1, -0.05) is 12.1 Å². The lowest BCUT2D eigenvalue weighted by molar-refractivity contribution is -0.165. The standard InChI is InChI=1S/C26H26FNO6/c1-30-19-9-11-20(12-10-19)34-25-23(17-13-21(31-2)24(33-4)22(14-17)32-3)28(26(25)29)15-16-5-7-18(27)8-6-16/h5-14,23,25H,15H2,1-4H3/t23-,25+/m0/s1. The molecule has 1 aliphatic rings. The second kappa shape index (κ2) is 9.91. The van der Waals surface area contributed by atoms with Crippen LogP contribution in [0, 0.1) is 5.82 Å². The minimum absolute atomic E-state index is 0.182. The third-order valence-electron chi connectivity index (χ3n) is 5.77. The maximum atomic E-state index is 13.4. The van der Waals surface area contributed by atoms with Crippen molar-refractivity contribution in [2.75, 3.05) is 28.4 Å². The fraction of sp³-hybridized carbons (Fsp3) is 0.269. The molecule has 0 unspecified atom stereocenters. The molecule has 8 heteroatoms. The van der Waals surface area contributed by atoms with Gasteiger partial charge in [-0.25, -0.2) is 4.39 Å². The number of amides is 1. The van der Waals surface area contributed by atoms with Gasteiger partial charge < -0.3 is 28.6 Å². The molecule has 34 heavy (non-hydrogen) atoms. The molecule has 0 N–H and O–H groups in total. The second-order valence-electron chi connectivity index (χ2n) is 7.71. The molecule has 0 aliphatic carbocycles. The Balaban J connectivity index is 1.70. The molecule has 7 nitrogen and oxygen atoms in total. The fourth-order valence-electron chi connectivity index (χ4n) is 4.02. The number of likely N-dealkylation sites (tertiary alicyclic amines) is 1. The van der Waals surface area contributed by atoms with Gasteiger partial charge in [-0.3, -0.25) is 4.79 Å². The molecule has 1 saturated heterocycles. The van der Waals surface area contributed by atoms with Crippen molar-refractivity contribution in [1.29, 1.82) is 0 Å². The molecule has 0 spiro atoms. The van der Waals surface area contributed by atoms with E-state index >= 15 is 0 Å². The zero-order valence-corrected chi connectivity index (χ0v) is 19.4. The van der Waals surface area contributed by atoms with Crippen molar-refractivity contribution < 1.29 is 32.9 Å². The largest absolute Gasteiger partial charge is 0.497 e. The van der Waals surface area contributed by atoms with Gasteiger partial charge >= 0.3 is 0 Å². The minimum Gasteiger partial charge on any atom is -0.497 e. The van der Waals surface area contributed by atoms with Crippen LogP contribution in [0.5, 0.6) is 28.7 Å². The van der Waals surface area contributed by atoms with Gasteiger partial charge in [-0.15, -0.1) is 0 Å². The Morgan fingerprint density at radius 1 is 0.794 bits per heavy atom. The summed E-state index contributed by atoms with van der Waals surface area (Å²) >= 11 is 0. The van der Waals surface area contributed by atoms with Crippen molar-refractivity contribution in [1.82, 2.24) is 4.90 Å².